The van der Waals surface area contributed by atoms with E-state index in [-0.39, 0.29) is 12.3 Å². The third-order valence-corrected chi connectivity index (χ3v) is 2.96. The van der Waals surface area contributed by atoms with Crippen molar-refractivity contribution in [2.45, 2.75) is 26.4 Å². The standard InChI is InChI=1S/C12H15N3O2/c1-7-3-4-9(5-8(7)2)15-10(13)6-11(16)14-12(15)17/h3-5,10H,6,13H2,1-2H3,(H,14,16,17). The lowest BCUT2D eigenvalue weighted by Gasteiger charge is -2.32. The van der Waals surface area contributed by atoms with Crippen LogP contribution in [0.1, 0.15) is 17.5 Å². The highest BCUT2D eigenvalue weighted by Crippen LogP contribution is 2.22. The van der Waals surface area contributed by atoms with Gasteiger partial charge >= 0.3 is 6.03 Å². The maximum Gasteiger partial charge on any atom is 0.329 e. The van der Waals surface area contributed by atoms with Crippen molar-refractivity contribution in [3.8, 4) is 0 Å². The molecule has 1 saturated heterocycles. The topological polar surface area (TPSA) is 75.4 Å². The molecule has 2 rings (SSSR count). The van der Waals surface area contributed by atoms with Crippen LogP contribution in [-0.2, 0) is 4.79 Å². The number of aryl methyl sites for hydroxylation is 2. The molecule has 1 aromatic rings. The fourth-order valence-corrected chi connectivity index (χ4v) is 1.85. The van der Waals surface area contributed by atoms with Crippen LogP contribution in [0.4, 0.5) is 10.5 Å². The summed E-state index contributed by atoms with van der Waals surface area (Å²) in [5.74, 6) is -0.331. The van der Waals surface area contributed by atoms with Crippen LogP contribution in [0.15, 0.2) is 18.2 Å². The molecule has 0 aliphatic carbocycles. The molecule has 1 unspecified atom stereocenters. The molecule has 3 amide bonds. The van der Waals surface area contributed by atoms with Crippen LogP contribution in [-0.4, -0.2) is 18.1 Å². The van der Waals surface area contributed by atoms with Crippen LogP contribution in [0.2, 0.25) is 0 Å². The number of nitrogens with two attached hydrogens (primary N) is 1. The predicted octanol–water partition coefficient (Wildman–Crippen LogP) is 1.03. The van der Waals surface area contributed by atoms with Gasteiger partial charge in [-0.3, -0.25) is 15.0 Å². The Labute approximate surface area is 99.6 Å². The number of hydrogen-bond acceptors (Lipinski definition) is 3. The highest BCUT2D eigenvalue weighted by molar-refractivity contribution is 6.06. The quantitative estimate of drug-likeness (QED) is 0.760. The molecule has 1 atom stereocenters. The number of nitrogens with zero attached hydrogens (tertiary/aromatic N) is 1. The zero-order valence-corrected chi connectivity index (χ0v) is 9.86. The Morgan fingerprint density at radius 1 is 1.29 bits per heavy atom. The highest BCUT2D eigenvalue weighted by atomic mass is 16.2. The number of rotatable bonds is 1. The molecule has 1 aliphatic rings. The minimum absolute atomic E-state index is 0.124. The number of benzene rings is 1. The minimum atomic E-state index is -0.599. The van der Waals surface area contributed by atoms with Gasteiger partial charge in [0.1, 0.15) is 0 Å². The molecular weight excluding hydrogens is 218 g/mol. The van der Waals surface area contributed by atoms with Crippen LogP contribution in [0.25, 0.3) is 0 Å². The molecule has 17 heavy (non-hydrogen) atoms. The number of amides is 3. The number of urea groups is 1. The molecule has 1 aromatic carbocycles. The van der Waals surface area contributed by atoms with Crippen molar-refractivity contribution in [1.29, 1.82) is 0 Å². The number of anilines is 1. The van der Waals surface area contributed by atoms with E-state index < -0.39 is 12.2 Å². The second-order valence-electron chi connectivity index (χ2n) is 4.26. The Hall–Kier alpha value is -1.88. The van der Waals surface area contributed by atoms with Gasteiger partial charge in [0.2, 0.25) is 5.91 Å². The van der Waals surface area contributed by atoms with Gasteiger partial charge in [-0.1, -0.05) is 6.07 Å². The van der Waals surface area contributed by atoms with Gasteiger partial charge in [-0.05, 0) is 37.1 Å². The molecule has 3 N–H and O–H groups in total. The summed E-state index contributed by atoms with van der Waals surface area (Å²) < 4.78 is 0. The van der Waals surface area contributed by atoms with Crippen LogP contribution < -0.4 is 16.0 Å². The number of imide groups is 1. The molecule has 0 aromatic heterocycles. The van der Waals surface area contributed by atoms with E-state index in [4.69, 9.17) is 5.73 Å². The van der Waals surface area contributed by atoms with Gasteiger partial charge in [0.05, 0.1) is 12.6 Å². The molecule has 5 nitrogen and oxygen atoms in total. The van der Waals surface area contributed by atoms with E-state index in [0.29, 0.717) is 5.69 Å². The zero-order valence-electron chi connectivity index (χ0n) is 9.86. The molecule has 0 bridgehead atoms. The number of nitrogens with one attached hydrogen (secondary N) is 1. The smallest absolute Gasteiger partial charge is 0.310 e. The predicted molar refractivity (Wildman–Crippen MR) is 64.5 cm³/mol. The van der Waals surface area contributed by atoms with E-state index in [2.05, 4.69) is 5.32 Å². The van der Waals surface area contributed by atoms with Crippen molar-refractivity contribution < 1.29 is 9.59 Å². The van der Waals surface area contributed by atoms with Crippen LogP contribution in [0.3, 0.4) is 0 Å². The zero-order chi connectivity index (χ0) is 12.6. The molecule has 0 spiro atoms. The Balaban J connectivity index is 2.35. The van der Waals surface area contributed by atoms with Gasteiger partial charge in [-0.15, -0.1) is 0 Å². The summed E-state index contributed by atoms with van der Waals surface area (Å²) in [7, 11) is 0. The third-order valence-electron chi connectivity index (χ3n) is 2.96. The van der Waals surface area contributed by atoms with Crippen molar-refractivity contribution in [1.82, 2.24) is 5.32 Å². The van der Waals surface area contributed by atoms with Gasteiger partial charge in [-0.25, -0.2) is 4.79 Å². The highest BCUT2D eigenvalue weighted by Gasteiger charge is 2.31. The normalized spacial score (nSPS) is 20.4. The molecule has 1 aliphatic heterocycles. The first kappa shape index (κ1) is 11.6. The molecular formula is C12H15N3O2. The van der Waals surface area contributed by atoms with E-state index in [1.54, 1.807) is 0 Å². The first-order valence-electron chi connectivity index (χ1n) is 5.45. The first-order valence-corrected chi connectivity index (χ1v) is 5.45. The largest absolute Gasteiger partial charge is 0.329 e. The molecule has 1 fully saturated rings. The molecule has 1 heterocycles. The minimum Gasteiger partial charge on any atom is -0.310 e. The van der Waals surface area contributed by atoms with Crippen molar-refractivity contribution in [2.75, 3.05) is 4.90 Å². The summed E-state index contributed by atoms with van der Waals surface area (Å²) >= 11 is 0. The summed E-state index contributed by atoms with van der Waals surface area (Å²) in [6, 6.07) is 5.19. The second kappa shape index (κ2) is 4.18. The maximum atomic E-state index is 11.7. The van der Waals surface area contributed by atoms with E-state index in [9.17, 15) is 9.59 Å². The van der Waals surface area contributed by atoms with Gasteiger partial charge in [-0.2, -0.15) is 0 Å². The van der Waals surface area contributed by atoms with Gasteiger partial charge in [0, 0.05) is 5.69 Å². The average Bonchev–Trinajstić information content (AvgIpc) is 2.21. The molecule has 90 valence electrons. The maximum absolute atomic E-state index is 11.7. The van der Waals surface area contributed by atoms with Crippen LogP contribution in [0, 0.1) is 13.8 Å². The number of hydrogen-bond donors (Lipinski definition) is 2. The lowest BCUT2D eigenvalue weighted by Crippen LogP contribution is -2.58. The number of carbonyl (C=O) groups is 2. The first-order chi connectivity index (χ1) is 7.99. The molecule has 5 heteroatoms. The summed E-state index contributed by atoms with van der Waals surface area (Å²) in [4.78, 5) is 24.3. The Morgan fingerprint density at radius 3 is 2.59 bits per heavy atom. The fraction of sp³-hybridized carbons (Fsp3) is 0.333. The van der Waals surface area contributed by atoms with E-state index in [0.717, 1.165) is 11.1 Å². The summed E-state index contributed by atoms with van der Waals surface area (Å²) in [6.45, 7) is 3.97. The Kier molecular flexibility index (Phi) is 2.85. The Morgan fingerprint density at radius 2 is 2.00 bits per heavy atom. The van der Waals surface area contributed by atoms with Crippen molar-refractivity contribution in [2.24, 2.45) is 5.73 Å². The van der Waals surface area contributed by atoms with Gasteiger partial charge in [0.25, 0.3) is 0 Å². The van der Waals surface area contributed by atoms with E-state index in [1.807, 2.05) is 32.0 Å². The van der Waals surface area contributed by atoms with E-state index in [1.165, 1.54) is 4.90 Å². The summed E-state index contributed by atoms with van der Waals surface area (Å²) in [5.41, 5.74) is 8.77. The summed E-state index contributed by atoms with van der Waals surface area (Å²) in [6.07, 6.45) is -0.475. The summed E-state index contributed by atoms with van der Waals surface area (Å²) in [5, 5.41) is 2.26. The number of carbonyl (C=O) groups excluding carboxylic acids is 2. The SMILES string of the molecule is Cc1ccc(N2C(=O)NC(=O)CC2N)cc1C. The molecule has 0 radical (unpaired) electrons. The van der Waals surface area contributed by atoms with Crippen LogP contribution >= 0.6 is 0 Å². The van der Waals surface area contributed by atoms with Crippen molar-refractivity contribution in [3.05, 3.63) is 29.3 Å². The Bertz CT molecular complexity index is 485. The second-order valence-corrected chi connectivity index (χ2v) is 4.26. The molecule has 0 saturated carbocycles. The fourth-order valence-electron chi connectivity index (χ4n) is 1.85. The lowest BCUT2D eigenvalue weighted by atomic mass is 10.1. The monoisotopic (exact) mass is 233 g/mol. The lowest BCUT2D eigenvalue weighted by molar-refractivity contribution is -0.120. The van der Waals surface area contributed by atoms with Crippen molar-refractivity contribution >= 4 is 17.6 Å². The third kappa shape index (κ3) is 2.14. The van der Waals surface area contributed by atoms with Gasteiger partial charge < -0.3 is 5.73 Å². The van der Waals surface area contributed by atoms with Crippen molar-refractivity contribution in [3.63, 3.8) is 0 Å². The van der Waals surface area contributed by atoms with Crippen LogP contribution in [0.5, 0.6) is 0 Å². The van der Waals surface area contributed by atoms with Gasteiger partial charge in [0.15, 0.2) is 0 Å². The van der Waals surface area contributed by atoms with E-state index >= 15 is 0 Å². The average molecular weight is 233 g/mol.